The molecular formula is C23H27N3O4. The van der Waals surface area contributed by atoms with Crippen LogP contribution in [0.2, 0.25) is 0 Å². The minimum Gasteiger partial charge on any atom is -0.497 e. The highest BCUT2D eigenvalue weighted by molar-refractivity contribution is 6.07. The Morgan fingerprint density at radius 1 is 1.13 bits per heavy atom. The molecule has 1 saturated heterocycles. The molecule has 1 fully saturated rings. The first kappa shape index (κ1) is 21.4. The van der Waals surface area contributed by atoms with Crippen molar-refractivity contribution in [1.82, 2.24) is 5.32 Å². The molecule has 2 aromatic rings. The molecule has 2 aromatic carbocycles. The highest BCUT2D eigenvalue weighted by Gasteiger charge is 2.35. The third-order valence-electron chi connectivity index (χ3n) is 5.13. The summed E-state index contributed by atoms with van der Waals surface area (Å²) < 4.78 is 5.15. The number of hydrogen-bond donors (Lipinski definition) is 2. The van der Waals surface area contributed by atoms with E-state index in [-0.39, 0.29) is 24.1 Å². The molecule has 1 atom stereocenters. The van der Waals surface area contributed by atoms with E-state index in [9.17, 15) is 14.4 Å². The van der Waals surface area contributed by atoms with Crippen molar-refractivity contribution in [2.45, 2.75) is 26.2 Å². The molecule has 2 N–H and O–H groups in total. The smallest absolute Gasteiger partial charge is 0.253 e. The first-order valence-electron chi connectivity index (χ1n) is 10.2. The van der Waals surface area contributed by atoms with E-state index in [1.165, 1.54) is 0 Å². The average molecular weight is 409 g/mol. The summed E-state index contributed by atoms with van der Waals surface area (Å²) in [6, 6.07) is 14.1. The van der Waals surface area contributed by atoms with Crippen LogP contribution in [0.3, 0.4) is 0 Å². The van der Waals surface area contributed by atoms with Gasteiger partial charge in [0.05, 0.1) is 24.3 Å². The number of unbranched alkanes of at least 4 members (excludes halogenated alkanes) is 1. The highest BCUT2D eigenvalue weighted by Crippen LogP contribution is 2.28. The Bertz CT molecular complexity index is 911. The summed E-state index contributed by atoms with van der Waals surface area (Å²) in [5, 5.41) is 5.70. The number of para-hydroxylation sites is 1. The Hall–Kier alpha value is -3.35. The van der Waals surface area contributed by atoms with Crippen molar-refractivity contribution in [2.24, 2.45) is 5.92 Å². The van der Waals surface area contributed by atoms with Crippen LogP contribution < -0.4 is 20.3 Å². The Morgan fingerprint density at radius 2 is 1.87 bits per heavy atom. The van der Waals surface area contributed by atoms with Gasteiger partial charge in [-0.15, -0.1) is 0 Å². The van der Waals surface area contributed by atoms with Gasteiger partial charge in [0, 0.05) is 25.2 Å². The summed E-state index contributed by atoms with van der Waals surface area (Å²) in [5.41, 5.74) is 1.59. The zero-order valence-electron chi connectivity index (χ0n) is 17.3. The number of rotatable bonds is 8. The highest BCUT2D eigenvalue weighted by atomic mass is 16.5. The van der Waals surface area contributed by atoms with Crippen molar-refractivity contribution in [2.75, 3.05) is 30.4 Å². The largest absolute Gasteiger partial charge is 0.497 e. The molecule has 0 aromatic heterocycles. The molecule has 0 spiro atoms. The lowest BCUT2D eigenvalue weighted by atomic mass is 10.1. The quantitative estimate of drug-likeness (QED) is 0.656. The van der Waals surface area contributed by atoms with Gasteiger partial charge < -0.3 is 20.3 Å². The first-order chi connectivity index (χ1) is 14.5. The van der Waals surface area contributed by atoms with Crippen LogP contribution in [0.15, 0.2) is 48.5 Å². The fraction of sp³-hybridized carbons (Fsp3) is 0.348. The van der Waals surface area contributed by atoms with E-state index in [0.717, 1.165) is 18.5 Å². The lowest BCUT2D eigenvalue weighted by Crippen LogP contribution is -2.29. The van der Waals surface area contributed by atoms with Crippen LogP contribution in [0.25, 0.3) is 0 Å². The molecular weight excluding hydrogens is 382 g/mol. The summed E-state index contributed by atoms with van der Waals surface area (Å²) in [7, 11) is 1.58. The summed E-state index contributed by atoms with van der Waals surface area (Å²) in [5.74, 6) is -0.384. The third kappa shape index (κ3) is 4.97. The second kappa shape index (κ2) is 9.91. The molecule has 7 nitrogen and oxygen atoms in total. The molecule has 0 aliphatic carbocycles. The van der Waals surface area contributed by atoms with Crippen LogP contribution in [0.1, 0.15) is 36.5 Å². The Balaban J connectivity index is 1.66. The zero-order chi connectivity index (χ0) is 21.5. The van der Waals surface area contributed by atoms with E-state index in [1.54, 1.807) is 60.5 Å². The number of carbonyl (C=O) groups is 3. The number of nitrogens with zero attached hydrogens (tertiary/aromatic N) is 1. The number of benzene rings is 2. The minimum atomic E-state index is -0.490. The maximum Gasteiger partial charge on any atom is 0.253 e. The summed E-state index contributed by atoms with van der Waals surface area (Å²) in [6.07, 6.45) is 2.01. The van der Waals surface area contributed by atoms with E-state index in [4.69, 9.17) is 4.74 Å². The van der Waals surface area contributed by atoms with Crippen molar-refractivity contribution >= 4 is 29.1 Å². The SMILES string of the molecule is CCCCNC(=O)c1ccccc1NC(=O)[C@@H]1CC(=O)N(c2ccc(OC)cc2)C1. The average Bonchev–Trinajstić information content (AvgIpc) is 3.16. The van der Waals surface area contributed by atoms with Crippen molar-refractivity contribution in [1.29, 1.82) is 0 Å². The Morgan fingerprint density at radius 3 is 2.57 bits per heavy atom. The van der Waals surface area contributed by atoms with E-state index < -0.39 is 5.92 Å². The maximum atomic E-state index is 12.8. The molecule has 30 heavy (non-hydrogen) atoms. The number of methoxy groups -OCH3 is 1. The summed E-state index contributed by atoms with van der Waals surface area (Å²) >= 11 is 0. The molecule has 0 radical (unpaired) electrons. The minimum absolute atomic E-state index is 0.106. The van der Waals surface area contributed by atoms with Crippen molar-refractivity contribution in [3.05, 3.63) is 54.1 Å². The van der Waals surface area contributed by atoms with Gasteiger partial charge in [-0.05, 0) is 42.8 Å². The Labute approximate surface area is 176 Å². The van der Waals surface area contributed by atoms with E-state index in [0.29, 0.717) is 30.1 Å². The maximum absolute atomic E-state index is 12.8. The van der Waals surface area contributed by atoms with Crippen LogP contribution in [-0.2, 0) is 9.59 Å². The molecule has 3 amide bonds. The van der Waals surface area contributed by atoms with Gasteiger partial charge >= 0.3 is 0 Å². The van der Waals surface area contributed by atoms with Gasteiger partial charge in [-0.1, -0.05) is 25.5 Å². The van der Waals surface area contributed by atoms with E-state index in [1.807, 2.05) is 0 Å². The first-order valence-corrected chi connectivity index (χ1v) is 10.2. The molecule has 0 unspecified atom stereocenters. The fourth-order valence-corrected chi connectivity index (χ4v) is 3.39. The molecule has 1 aliphatic heterocycles. The van der Waals surface area contributed by atoms with Gasteiger partial charge in [-0.3, -0.25) is 14.4 Å². The van der Waals surface area contributed by atoms with Gasteiger partial charge in [-0.2, -0.15) is 0 Å². The molecule has 0 bridgehead atoms. The molecule has 1 aliphatic rings. The monoisotopic (exact) mass is 409 g/mol. The number of carbonyl (C=O) groups excluding carboxylic acids is 3. The van der Waals surface area contributed by atoms with Crippen LogP contribution in [-0.4, -0.2) is 37.9 Å². The van der Waals surface area contributed by atoms with Crippen LogP contribution in [0, 0.1) is 5.92 Å². The Kier molecular flexibility index (Phi) is 7.06. The lowest BCUT2D eigenvalue weighted by molar-refractivity contribution is -0.122. The second-order valence-electron chi connectivity index (χ2n) is 7.25. The van der Waals surface area contributed by atoms with Gasteiger partial charge in [0.15, 0.2) is 0 Å². The molecule has 3 rings (SSSR count). The number of amides is 3. The normalized spacial score (nSPS) is 15.7. The lowest BCUT2D eigenvalue weighted by Gasteiger charge is -2.17. The predicted molar refractivity (Wildman–Crippen MR) is 116 cm³/mol. The van der Waals surface area contributed by atoms with Crippen molar-refractivity contribution in [3.63, 3.8) is 0 Å². The molecule has 7 heteroatoms. The molecule has 158 valence electrons. The molecule has 1 heterocycles. The number of nitrogens with one attached hydrogen (secondary N) is 2. The number of anilines is 2. The van der Waals surface area contributed by atoms with Crippen LogP contribution in [0.4, 0.5) is 11.4 Å². The van der Waals surface area contributed by atoms with Crippen LogP contribution in [0.5, 0.6) is 5.75 Å². The van der Waals surface area contributed by atoms with Gasteiger partial charge in [0.2, 0.25) is 11.8 Å². The van der Waals surface area contributed by atoms with E-state index >= 15 is 0 Å². The van der Waals surface area contributed by atoms with Crippen molar-refractivity contribution in [3.8, 4) is 5.75 Å². The second-order valence-corrected chi connectivity index (χ2v) is 7.25. The van der Waals surface area contributed by atoms with Gasteiger partial charge in [0.25, 0.3) is 5.91 Å². The molecule has 0 saturated carbocycles. The van der Waals surface area contributed by atoms with Gasteiger partial charge in [0.1, 0.15) is 5.75 Å². The summed E-state index contributed by atoms with van der Waals surface area (Å²) in [6.45, 7) is 2.94. The number of hydrogen-bond acceptors (Lipinski definition) is 4. The van der Waals surface area contributed by atoms with Crippen LogP contribution >= 0.6 is 0 Å². The standard InChI is InChI=1S/C23H27N3O4/c1-3-4-13-24-23(29)19-7-5-6-8-20(19)25-22(28)16-14-21(27)26(15-16)17-9-11-18(30-2)12-10-17/h5-12,16H,3-4,13-15H2,1-2H3,(H,24,29)(H,25,28)/t16-/m1/s1. The van der Waals surface area contributed by atoms with E-state index in [2.05, 4.69) is 17.6 Å². The predicted octanol–water partition coefficient (Wildman–Crippen LogP) is 3.22. The topological polar surface area (TPSA) is 87.7 Å². The summed E-state index contributed by atoms with van der Waals surface area (Å²) in [4.78, 5) is 39.4. The third-order valence-corrected chi connectivity index (χ3v) is 5.13. The van der Waals surface area contributed by atoms with Gasteiger partial charge in [-0.25, -0.2) is 0 Å². The number of ether oxygens (including phenoxy) is 1. The fourth-order valence-electron chi connectivity index (χ4n) is 3.39. The zero-order valence-corrected chi connectivity index (χ0v) is 17.3. The van der Waals surface area contributed by atoms with Crippen molar-refractivity contribution < 1.29 is 19.1 Å².